The number of hydrogen-bond donors (Lipinski definition) is 0. The predicted octanol–water partition coefficient (Wildman–Crippen LogP) is 4.87. The standard InChI is InChI=1S/C11H13N.C4H10/c1-3-4-7-10(2)11-8-5-6-9-12-11;1-3-4-2/h3-9H,1-2H3;3-4H2,1-2H3/b4-3-,10-7+;. The molecule has 0 amide bonds. The summed E-state index contributed by atoms with van der Waals surface area (Å²) in [6, 6.07) is 5.93. The molecule has 1 aromatic heterocycles. The van der Waals surface area contributed by atoms with Gasteiger partial charge in [-0.1, -0.05) is 51.0 Å². The van der Waals surface area contributed by atoms with Crippen molar-refractivity contribution in [3.8, 4) is 0 Å². The Kier molecular flexibility index (Phi) is 9.29. The van der Waals surface area contributed by atoms with Gasteiger partial charge in [0.15, 0.2) is 0 Å². The number of pyridine rings is 1. The molecule has 0 spiro atoms. The van der Waals surface area contributed by atoms with Crippen molar-refractivity contribution in [2.45, 2.75) is 40.5 Å². The number of aromatic nitrogens is 1. The normalized spacial score (nSPS) is 11.1. The van der Waals surface area contributed by atoms with Crippen LogP contribution < -0.4 is 0 Å². The zero-order valence-electron chi connectivity index (χ0n) is 10.9. The van der Waals surface area contributed by atoms with Crippen LogP contribution in [0.5, 0.6) is 0 Å². The molecule has 0 aliphatic carbocycles. The number of rotatable bonds is 3. The van der Waals surface area contributed by atoms with Crippen LogP contribution in [-0.2, 0) is 0 Å². The van der Waals surface area contributed by atoms with Crippen LogP contribution in [0.15, 0.2) is 42.6 Å². The Hall–Kier alpha value is -1.37. The first-order valence-electron chi connectivity index (χ1n) is 5.97. The minimum atomic E-state index is 1.04. The van der Waals surface area contributed by atoms with Crippen LogP contribution in [0.2, 0.25) is 0 Å². The Bertz CT molecular complexity index is 307. The summed E-state index contributed by atoms with van der Waals surface area (Å²) in [5, 5.41) is 0. The zero-order chi connectivity index (χ0) is 12.2. The van der Waals surface area contributed by atoms with Gasteiger partial charge in [0, 0.05) is 6.20 Å². The molecule has 0 aromatic carbocycles. The third kappa shape index (κ3) is 6.99. The van der Waals surface area contributed by atoms with Crippen LogP contribution in [0.3, 0.4) is 0 Å². The van der Waals surface area contributed by atoms with E-state index in [1.807, 2.05) is 43.5 Å². The first-order chi connectivity index (χ1) is 7.76. The summed E-state index contributed by atoms with van der Waals surface area (Å²) < 4.78 is 0. The molecule has 0 radical (unpaired) electrons. The van der Waals surface area contributed by atoms with Gasteiger partial charge in [-0.25, -0.2) is 0 Å². The fraction of sp³-hybridized carbons (Fsp3) is 0.400. The number of nitrogens with zero attached hydrogens (tertiary/aromatic N) is 1. The summed E-state index contributed by atoms with van der Waals surface area (Å²) in [5.74, 6) is 0. The van der Waals surface area contributed by atoms with Crippen molar-refractivity contribution in [2.24, 2.45) is 0 Å². The molecule has 1 rings (SSSR count). The minimum absolute atomic E-state index is 1.04. The molecule has 0 aliphatic heterocycles. The molecule has 0 saturated carbocycles. The van der Waals surface area contributed by atoms with E-state index in [1.165, 1.54) is 18.4 Å². The van der Waals surface area contributed by atoms with E-state index in [-0.39, 0.29) is 0 Å². The smallest absolute Gasteiger partial charge is 0.0658 e. The van der Waals surface area contributed by atoms with E-state index in [4.69, 9.17) is 0 Å². The molecule has 1 nitrogen and oxygen atoms in total. The van der Waals surface area contributed by atoms with Crippen molar-refractivity contribution >= 4 is 5.57 Å². The molecule has 0 aliphatic rings. The Balaban J connectivity index is 0.000000487. The van der Waals surface area contributed by atoms with Gasteiger partial charge in [0.05, 0.1) is 5.69 Å². The topological polar surface area (TPSA) is 12.9 Å². The van der Waals surface area contributed by atoms with Gasteiger partial charge in [-0.15, -0.1) is 0 Å². The second-order valence-corrected chi connectivity index (χ2v) is 3.59. The SMILES string of the molecule is C/C=C\C=C(/C)c1ccccn1.CCCC. The molecule has 88 valence electrons. The average Bonchev–Trinajstić information content (AvgIpc) is 2.37. The van der Waals surface area contributed by atoms with Crippen LogP contribution in [0, 0.1) is 0 Å². The molecule has 0 saturated heterocycles. The van der Waals surface area contributed by atoms with Gasteiger partial charge in [-0.2, -0.15) is 0 Å². The van der Waals surface area contributed by atoms with E-state index in [2.05, 4.69) is 31.8 Å². The van der Waals surface area contributed by atoms with E-state index in [9.17, 15) is 0 Å². The Morgan fingerprint density at radius 3 is 2.38 bits per heavy atom. The van der Waals surface area contributed by atoms with E-state index < -0.39 is 0 Å². The summed E-state index contributed by atoms with van der Waals surface area (Å²) in [6.45, 7) is 8.42. The summed E-state index contributed by atoms with van der Waals surface area (Å²) in [4.78, 5) is 4.23. The summed E-state index contributed by atoms with van der Waals surface area (Å²) in [5.41, 5.74) is 2.23. The first kappa shape index (κ1) is 14.6. The van der Waals surface area contributed by atoms with E-state index >= 15 is 0 Å². The lowest BCUT2D eigenvalue weighted by molar-refractivity contribution is 0.886. The fourth-order valence-electron chi connectivity index (χ4n) is 0.922. The van der Waals surface area contributed by atoms with E-state index in [0.717, 1.165) is 5.69 Å². The van der Waals surface area contributed by atoms with Gasteiger partial charge < -0.3 is 0 Å². The Morgan fingerprint density at radius 1 is 1.25 bits per heavy atom. The molecule has 1 aromatic rings. The van der Waals surface area contributed by atoms with Crippen molar-refractivity contribution in [1.29, 1.82) is 0 Å². The van der Waals surface area contributed by atoms with Crippen LogP contribution in [0.1, 0.15) is 46.2 Å². The second kappa shape index (κ2) is 10.2. The van der Waals surface area contributed by atoms with Gasteiger partial charge in [-0.05, 0) is 31.6 Å². The highest BCUT2D eigenvalue weighted by Crippen LogP contribution is 2.08. The summed E-state index contributed by atoms with van der Waals surface area (Å²) >= 11 is 0. The van der Waals surface area contributed by atoms with Gasteiger partial charge in [0.2, 0.25) is 0 Å². The van der Waals surface area contributed by atoms with Crippen molar-refractivity contribution in [2.75, 3.05) is 0 Å². The van der Waals surface area contributed by atoms with Crippen molar-refractivity contribution in [3.05, 3.63) is 48.3 Å². The van der Waals surface area contributed by atoms with Crippen molar-refractivity contribution in [1.82, 2.24) is 4.98 Å². The molecule has 16 heavy (non-hydrogen) atoms. The second-order valence-electron chi connectivity index (χ2n) is 3.59. The monoisotopic (exact) mass is 217 g/mol. The maximum absolute atomic E-state index is 4.23. The van der Waals surface area contributed by atoms with Crippen molar-refractivity contribution in [3.63, 3.8) is 0 Å². The number of allylic oxidation sites excluding steroid dienone is 4. The van der Waals surface area contributed by atoms with E-state index in [0.29, 0.717) is 0 Å². The quantitative estimate of drug-likeness (QED) is 0.658. The minimum Gasteiger partial charge on any atom is -0.257 e. The van der Waals surface area contributed by atoms with Gasteiger partial charge in [0.25, 0.3) is 0 Å². The Morgan fingerprint density at radius 2 is 1.94 bits per heavy atom. The molecule has 0 N–H and O–H groups in total. The molecule has 0 unspecified atom stereocenters. The van der Waals surface area contributed by atoms with Crippen molar-refractivity contribution < 1.29 is 0 Å². The zero-order valence-corrected chi connectivity index (χ0v) is 10.9. The molecular weight excluding hydrogens is 194 g/mol. The Labute approximate surface area is 99.9 Å². The maximum Gasteiger partial charge on any atom is 0.0658 e. The lowest BCUT2D eigenvalue weighted by Gasteiger charge is -1.96. The maximum atomic E-state index is 4.23. The summed E-state index contributed by atoms with van der Waals surface area (Å²) in [6.07, 6.45) is 10.5. The van der Waals surface area contributed by atoms with Gasteiger partial charge >= 0.3 is 0 Å². The third-order valence-electron chi connectivity index (χ3n) is 2.11. The van der Waals surface area contributed by atoms with Gasteiger partial charge in [0.1, 0.15) is 0 Å². The summed E-state index contributed by atoms with van der Waals surface area (Å²) in [7, 11) is 0. The highest BCUT2D eigenvalue weighted by molar-refractivity contribution is 5.61. The lowest BCUT2D eigenvalue weighted by Crippen LogP contribution is -1.82. The molecular formula is C15H23N. The van der Waals surface area contributed by atoms with Crippen LogP contribution in [0.25, 0.3) is 5.57 Å². The molecule has 1 heteroatoms. The van der Waals surface area contributed by atoms with Gasteiger partial charge in [-0.3, -0.25) is 4.98 Å². The first-order valence-corrected chi connectivity index (χ1v) is 5.97. The average molecular weight is 217 g/mol. The highest BCUT2D eigenvalue weighted by Gasteiger charge is 1.91. The molecule has 0 atom stereocenters. The molecule has 0 fully saturated rings. The third-order valence-corrected chi connectivity index (χ3v) is 2.11. The fourth-order valence-corrected chi connectivity index (χ4v) is 0.922. The van der Waals surface area contributed by atoms with Crippen LogP contribution in [0.4, 0.5) is 0 Å². The number of unbranched alkanes of at least 4 members (excludes halogenated alkanes) is 1. The lowest BCUT2D eigenvalue weighted by atomic mass is 10.2. The number of hydrogen-bond acceptors (Lipinski definition) is 1. The van der Waals surface area contributed by atoms with Crippen LogP contribution >= 0.6 is 0 Å². The van der Waals surface area contributed by atoms with E-state index in [1.54, 1.807) is 0 Å². The van der Waals surface area contributed by atoms with Crippen LogP contribution in [-0.4, -0.2) is 4.98 Å². The molecule has 1 heterocycles. The highest BCUT2D eigenvalue weighted by atomic mass is 14.7. The largest absolute Gasteiger partial charge is 0.257 e. The molecule has 0 bridgehead atoms. The predicted molar refractivity (Wildman–Crippen MR) is 73.3 cm³/mol.